The molecule has 1 aliphatic carbocycles. The van der Waals surface area contributed by atoms with Crippen molar-refractivity contribution in [3.63, 3.8) is 0 Å². The number of nitrogens with zero attached hydrogens (tertiary/aromatic N) is 4. The Hall–Kier alpha value is -2.70. The summed E-state index contributed by atoms with van der Waals surface area (Å²) in [6.45, 7) is 4.17. The van der Waals surface area contributed by atoms with Gasteiger partial charge in [-0.1, -0.05) is 19.3 Å². The molecule has 6 nitrogen and oxygen atoms in total. The molecule has 5 rings (SSSR count). The molecule has 3 fully saturated rings. The number of rotatable bonds is 3. The second kappa shape index (κ2) is 9.65. The normalized spacial score (nSPS) is 22.6. The Morgan fingerprint density at radius 3 is 2.33 bits per heavy atom. The molecule has 1 aromatic heterocycles. The molecule has 1 unspecified atom stereocenters. The number of hydrogen-bond acceptors (Lipinski definition) is 4. The van der Waals surface area contributed by atoms with Gasteiger partial charge in [-0.2, -0.15) is 0 Å². The summed E-state index contributed by atoms with van der Waals surface area (Å²) in [5.74, 6) is 0.268. The standard InChI is InChI=1S/C26H33FN4O2/c27-21-8-9-22-23(17-21)28-11-10-24(22)29-13-15-30(16-14-29)26(33)20-7-4-12-31(18-20)25(32)19-5-2-1-3-6-19/h8-11,17,19-20H,1-7,12-16,18H2. The minimum Gasteiger partial charge on any atom is -0.367 e. The van der Waals surface area contributed by atoms with Crippen molar-refractivity contribution >= 4 is 28.4 Å². The lowest BCUT2D eigenvalue weighted by Gasteiger charge is -2.40. The van der Waals surface area contributed by atoms with Gasteiger partial charge in [-0.05, 0) is 43.9 Å². The Bertz CT molecular complexity index is 1010. The summed E-state index contributed by atoms with van der Waals surface area (Å²) in [6.07, 6.45) is 9.05. The molecular formula is C26H33FN4O2. The molecule has 0 N–H and O–H groups in total. The van der Waals surface area contributed by atoms with Crippen LogP contribution in [-0.4, -0.2) is 65.9 Å². The summed E-state index contributed by atoms with van der Waals surface area (Å²) in [7, 11) is 0. The van der Waals surface area contributed by atoms with Crippen LogP contribution in [0.1, 0.15) is 44.9 Å². The third-order valence-electron chi connectivity index (χ3n) is 7.65. The van der Waals surface area contributed by atoms with Crippen LogP contribution < -0.4 is 4.90 Å². The zero-order valence-electron chi connectivity index (χ0n) is 19.2. The quantitative estimate of drug-likeness (QED) is 0.710. The molecule has 2 aliphatic heterocycles. The number of carbonyl (C=O) groups excluding carboxylic acids is 2. The third-order valence-corrected chi connectivity index (χ3v) is 7.65. The number of likely N-dealkylation sites (tertiary alicyclic amines) is 1. The zero-order chi connectivity index (χ0) is 22.8. The summed E-state index contributed by atoms with van der Waals surface area (Å²) in [5, 5.41) is 0.933. The monoisotopic (exact) mass is 452 g/mol. The number of benzene rings is 1. The van der Waals surface area contributed by atoms with E-state index < -0.39 is 0 Å². The summed E-state index contributed by atoms with van der Waals surface area (Å²) in [6, 6.07) is 6.68. The number of amides is 2. The van der Waals surface area contributed by atoms with E-state index in [9.17, 15) is 14.0 Å². The van der Waals surface area contributed by atoms with E-state index in [2.05, 4.69) is 9.88 Å². The molecule has 1 aromatic carbocycles. The summed E-state index contributed by atoms with van der Waals surface area (Å²) >= 11 is 0. The number of piperidine rings is 1. The van der Waals surface area contributed by atoms with Crippen LogP contribution in [0.4, 0.5) is 10.1 Å². The maximum atomic E-state index is 13.6. The smallest absolute Gasteiger partial charge is 0.227 e. The van der Waals surface area contributed by atoms with E-state index in [1.165, 1.54) is 18.6 Å². The Balaban J connectivity index is 1.20. The first-order valence-electron chi connectivity index (χ1n) is 12.5. The molecule has 2 saturated heterocycles. The summed E-state index contributed by atoms with van der Waals surface area (Å²) < 4.78 is 13.6. The van der Waals surface area contributed by atoms with E-state index in [0.717, 1.165) is 69.2 Å². The van der Waals surface area contributed by atoms with Gasteiger partial charge in [-0.15, -0.1) is 0 Å². The van der Waals surface area contributed by atoms with Gasteiger partial charge in [0, 0.05) is 68.5 Å². The predicted molar refractivity (Wildman–Crippen MR) is 126 cm³/mol. The fourth-order valence-corrected chi connectivity index (χ4v) is 5.79. The van der Waals surface area contributed by atoms with Crippen LogP contribution in [0.3, 0.4) is 0 Å². The van der Waals surface area contributed by atoms with Gasteiger partial charge in [0.2, 0.25) is 11.8 Å². The lowest BCUT2D eigenvalue weighted by atomic mass is 9.87. The second-order valence-corrected chi connectivity index (χ2v) is 9.76. The fourth-order valence-electron chi connectivity index (χ4n) is 5.79. The molecular weight excluding hydrogens is 419 g/mol. The van der Waals surface area contributed by atoms with Crippen molar-refractivity contribution in [3.05, 3.63) is 36.3 Å². The molecule has 2 aromatic rings. The van der Waals surface area contributed by atoms with Crippen LogP contribution in [0.25, 0.3) is 10.9 Å². The highest BCUT2D eigenvalue weighted by Crippen LogP contribution is 2.29. The van der Waals surface area contributed by atoms with Crippen molar-refractivity contribution in [2.24, 2.45) is 11.8 Å². The average Bonchev–Trinajstić information content (AvgIpc) is 2.88. The predicted octanol–water partition coefficient (Wildman–Crippen LogP) is 3.84. The van der Waals surface area contributed by atoms with Crippen molar-refractivity contribution in [3.8, 4) is 0 Å². The van der Waals surface area contributed by atoms with Crippen molar-refractivity contribution in [1.82, 2.24) is 14.8 Å². The first-order chi connectivity index (χ1) is 16.1. The van der Waals surface area contributed by atoms with Gasteiger partial charge in [0.25, 0.3) is 0 Å². The minimum atomic E-state index is -0.286. The first kappa shape index (κ1) is 22.1. The van der Waals surface area contributed by atoms with Crippen molar-refractivity contribution in [2.45, 2.75) is 44.9 Å². The van der Waals surface area contributed by atoms with Crippen molar-refractivity contribution < 1.29 is 14.0 Å². The molecule has 0 bridgehead atoms. The summed E-state index contributed by atoms with van der Waals surface area (Å²) in [5.41, 5.74) is 1.69. The number of aromatic nitrogens is 1. The highest BCUT2D eigenvalue weighted by atomic mass is 19.1. The molecule has 2 amide bonds. The number of fused-ring (bicyclic) bond motifs is 1. The third kappa shape index (κ3) is 4.68. The van der Waals surface area contributed by atoms with Crippen LogP contribution in [0.15, 0.2) is 30.5 Å². The number of carbonyl (C=O) groups is 2. The van der Waals surface area contributed by atoms with Crippen molar-refractivity contribution in [1.29, 1.82) is 0 Å². The SMILES string of the molecule is O=C(C1CCCN(C(=O)C2CCCCC2)C1)N1CCN(c2ccnc3cc(F)ccc23)CC1. The van der Waals surface area contributed by atoms with E-state index in [-0.39, 0.29) is 29.5 Å². The van der Waals surface area contributed by atoms with Crippen LogP contribution in [0.2, 0.25) is 0 Å². The Morgan fingerprint density at radius 2 is 1.55 bits per heavy atom. The van der Waals surface area contributed by atoms with Gasteiger partial charge in [-0.3, -0.25) is 14.6 Å². The van der Waals surface area contributed by atoms with Gasteiger partial charge in [0.05, 0.1) is 11.4 Å². The highest BCUT2D eigenvalue weighted by molar-refractivity contribution is 5.91. The average molecular weight is 453 g/mol. The Labute approximate surface area is 194 Å². The number of anilines is 1. The van der Waals surface area contributed by atoms with Crippen LogP contribution >= 0.6 is 0 Å². The number of pyridine rings is 1. The van der Waals surface area contributed by atoms with Gasteiger partial charge in [0.15, 0.2) is 0 Å². The van der Waals surface area contributed by atoms with Gasteiger partial charge < -0.3 is 14.7 Å². The largest absolute Gasteiger partial charge is 0.367 e. The molecule has 3 heterocycles. The summed E-state index contributed by atoms with van der Waals surface area (Å²) in [4.78, 5) is 36.8. The molecule has 3 aliphatic rings. The van der Waals surface area contributed by atoms with E-state index >= 15 is 0 Å². The fraction of sp³-hybridized carbons (Fsp3) is 0.577. The number of hydrogen-bond donors (Lipinski definition) is 0. The molecule has 176 valence electrons. The van der Waals surface area contributed by atoms with Crippen molar-refractivity contribution in [2.75, 3.05) is 44.2 Å². The molecule has 0 radical (unpaired) electrons. The van der Waals surface area contributed by atoms with Gasteiger partial charge in [0.1, 0.15) is 5.82 Å². The molecule has 7 heteroatoms. The zero-order valence-corrected chi connectivity index (χ0v) is 19.2. The maximum absolute atomic E-state index is 13.6. The second-order valence-electron chi connectivity index (χ2n) is 9.76. The topological polar surface area (TPSA) is 56.8 Å². The van der Waals surface area contributed by atoms with E-state index in [1.54, 1.807) is 12.3 Å². The van der Waals surface area contributed by atoms with Crippen LogP contribution in [0, 0.1) is 17.7 Å². The minimum absolute atomic E-state index is 0.0810. The maximum Gasteiger partial charge on any atom is 0.227 e. The number of piperazine rings is 1. The van der Waals surface area contributed by atoms with E-state index in [1.807, 2.05) is 15.9 Å². The Kier molecular flexibility index (Phi) is 6.47. The molecule has 33 heavy (non-hydrogen) atoms. The van der Waals surface area contributed by atoms with Crippen LogP contribution in [-0.2, 0) is 9.59 Å². The van der Waals surface area contributed by atoms with E-state index in [0.29, 0.717) is 25.2 Å². The van der Waals surface area contributed by atoms with E-state index in [4.69, 9.17) is 0 Å². The first-order valence-corrected chi connectivity index (χ1v) is 12.5. The highest BCUT2D eigenvalue weighted by Gasteiger charge is 2.35. The van der Waals surface area contributed by atoms with Gasteiger partial charge >= 0.3 is 0 Å². The lowest BCUT2D eigenvalue weighted by Crippen LogP contribution is -2.53. The molecule has 1 atom stereocenters. The Morgan fingerprint density at radius 1 is 0.818 bits per heavy atom. The van der Waals surface area contributed by atoms with Crippen LogP contribution in [0.5, 0.6) is 0 Å². The molecule has 1 saturated carbocycles. The number of halogens is 1. The molecule has 0 spiro atoms. The lowest BCUT2D eigenvalue weighted by molar-refractivity contribution is -0.143. The van der Waals surface area contributed by atoms with Gasteiger partial charge in [-0.25, -0.2) is 4.39 Å².